The lowest BCUT2D eigenvalue weighted by Gasteiger charge is -2.12. The third-order valence-electron chi connectivity index (χ3n) is 2.91. The van der Waals surface area contributed by atoms with Crippen molar-refractivity contribution in [3.8, 4) is 0 Å². The maximum atomic E-state index is 6.01. The van der Waals surface area contributed by atoms with Crippen LogP contribution in [0.15, 0.2) is 48.9 Å². The van der Waals surface area contributed by atoms with Gasteiger partial charge in [-0.2, -0.15) is 0 Å². The molecule has 19 heavy (non-hydrogen) atoms. The summed E-state index contributed by atoms with van der Waals surface area (Å²) in [7, 11) is 0. The van der Waals surface area contributed by atoms with Crippen LogP contribution in [0.5, 0.6) is 0 Å². The van der Waals surface area contributed by atoms with Crippen LogP contribution in [0.3, 0.4) is 0 Å². The summed E-state index contributed by atoms with van der Waals surface area (Å²) in [6.45, 7) is 6.65. The Kier molecular flexibility index (Phi) is 4.70. The largest absolute Gasteiger partial charge is 0.372 e. The van der Waals surface area contributed by atoms with E-state index in [2.05, 4.69) is 29.9 Å². The van der Waals surface area contributed by atoms with E-state index >= 15 is 0 Å². The summed E-state index contributed by atoms with van der Waals surface area (Å²) in [4.78, 5) is 10.2. The van der Waals surface area contributed by atoms with E-state index in [1.807, 2.05) is 24.6 Å². The fourth-order valence-corrected chi connectivity index (χ4v) is 2.74. The zero-order chi connectivity index (χ0) is 13.8. The van der Waals surface area contributed by atoms with Crippen molar-refractivity contribution < 1.29 is 0 Å². The molecule has 0 aromatic heterocycles. The molecular formula is C14H16ClN3S. The molecule has 0 amide bonds. The maximum Gasteiger partial charge on any atom is 0.107 e. The monoisotopic (exact) mass is 293 g/mol. The van der Waals surface area contributed by atoms with Gasteiger partial charge in [0.1, 0.15) is 12.4 Å². The molecule has 0 aromatic rings. The van der Waals surface area contributed by atoms with Gasteiger partial charge in [-0.15, -0.1) is 0 Å². The van der Waals surface area contributed by atoms with E-state index in [0.717, 1.165) is 16.3 Å². The predicted molar refractivity (Wildman–Crippen MR) is 84.9 cm³/mol. The summed E-state index contributed by atoms with van der Waals surface area (Å²) < 4.78 is 0. The average molecular weight is 294 g/mol. The second kappa shape index (κ2) is 6.29. The van der Waals surface area contributed by atoms with Gasteiger partial charge >= 0.3 is 0 Å². The number of aliphatic imine (C=N–C) groups is 2. The van der Waals surface area contributed by atoms with Crippen LogP contribution < -0.4 is 5.32 Å². The van der Waals surface area contributed by atoms with Crippen molar-refractivity contribution in [2.45, 2.75) is 26.8 Å². The van der Waals surface area contributed by atoms with Crippen molar-refractivity contribution in [1.29, 1.82) is 0 Å². The zero-order valence-electron chi connectivity index (χ0n) is 11.2. The van der Waals surface area contributed by atoms with Crippen molar-refractivity contribution in [2.75, 3.05) is 6.67 Å². The molecule has 0 fully saturated rings. The first-order valence-corrected chi connectivity index (χ1v) is 7.33. The van der Waals surface area contributed by atoms with Gasteiger partial charge in [0.05, 0.1) is 21.7 Å². The molecule has 0 aromatic carbocycles. The summed E-state index contributed by atoms with van der Waals surface area (Å²) in [5, 5.41) is 5.71. The number of hydrogen-bond donors (Lipinski definition) is 1. The molecule has 100 valence electrons. The molecule has 0 saturated carbocycles. The quantitative estimate of drug-likeness (QED) is 0.750. The third-order valence-corrected chi connectivity index (χ3v) is 3.93. The molecule has 0 aliphatic carbocycles. The first-order chi connectivity index (χ1) is 9.08. The SMILES string of the molecule is C/C1=C/NC/N=C(/C)C(C2=C=C(Cl)C=CS2)=NC1C. The first kappa shape index (κ1) is 14.2. The average Bonchev–Trinajstić information content (AvgIpc) is 2.44. The van der Waals surface area contributed by atoms with E-state index in [1.165, 1.54) is 5.57 Å². The Morgan fingerprint density at radius 3 is 3.00 bits per heavy atom. The number of halogens is 1. The van der Waals surface area contributed by atoms with Gasteiger partial charge in [0.2, 0.25) is 0 Å². The van der Waals surface area contributed by atoms with Crippen LogP contribution in [0.2, 0.25) is 0 Å². The van der Waals surface area contributed by atoms with E-state index in [1.54, 1.807) is 11.8 Å². The summed E-state index contributed by atoms with van der Waals surface area (Å²) in [6, 6.07) is 0.102. The minimum Gasteiger partial charge on any atom is -0.372 e. The Balaban J connectivity index is 2.47. The molecule has 2 aliphatic rings. The lowest BCUT2D eigenvalue weighted by Crippen LogP contribution is -2.16. The number of thioether (sulfide) groups is 1. The van der Waals surface area contributed by atoms with Gasteiger partial charge in [0, 0.05) is 0 Å². The number of rotatable bonds is 1. The second-order valence-corrected chi connectivity index (χ2v) is 5.69. The minimum absolute atomic E-state index is 0.102. The number of allylic oxidation sites excluding steroid dienone is 2. The molecule has 1 unspecified atom stereocenters. The predicted octanol–water partition coefficient (Wildman–Crippen LogP) is 3.61. The third kappa shape index (κ3) is 3.63. The summed E-state index contributed by atoms with van der Waals surface area (Å²) >= 11 is 7.59. The zero-order valence-corrected chi connectivity index (χ0v) is 12.8. The number of nitrogens with zero attached hydrogens (tertiary/aromatic N) is 2. The van der Waals surface area contributed by atoms with Crippen LogP contribution in [0.25, 0.3) is 0 Å². The highest BCUT2D eigenvalue weighted by Crippen LogP contribution is 2.26. The molecule has 0 radical (unpaired) electrons. The van der Waals surface area contributed by atoms with Crippen LogP contribution in [-0.2, 0) is 0 Å². The summed E-state index contributed by atoms with van der Waals surface area (Å²) in [6.07, 6.45) is 3.80. The van der Waals surface area contributed by atoms with E-state index in [9.17, 15) is 0 Å². The van der Waals surface area contributed by atoms with Gasteiger partial charge in [0.25, 0.3) is 0 Å². The summed E-state index contributed by atoms with van der Waals surface area (Å²) in [5.74, 6) is 0. The highest BCUT2D eigenvalue weighted by molar-refractivity contribution is 8.06. The minimum atomic E-state index is 0.102. The van der Waals surface area contributed by atoms with Gasteiger partial charge in [-0.05, 0) is 44.0 Å². The van der Waals surface area contributed by atoms with Crippen LogP contribution in [-0.4, -0.2) is 24.1 Å². The Morgan fingerprint density at radius 2 is 2.26 bits per heavy atom. The molecule has 1 atom stereocenters. The molecule has 2 aliphatic heterocycles. The van der Waals surface area contributed by atoms with Crippen LogP contribution >= 0.6 is 23.4 Å². The van der Waals surface area contributed by atoms with E-state index in [0.29, 0.717) is 11.7 Å². The van der Waals surface area contributed by atoms with Gasteiger partial charge in [-0.25, -0.2) is 0 Å². The number of nitrogens with one attached hydrogen (secondary N) is 1. The maximum absolute atomic E-state index is 6.01. The normalized spacial score (nSPS) is 29.3. The van der Waals surface area contributed by atoms with Crippen molar-refractivity contribution in [1.82, 2.24) is 5.32 Å². The van der Waals surface area contributed by atoms with Gasteiger partial charge in [0.15, 0.2) is 0 Å². The topological polar surface area (TPSA) is 36.8 Å². The summed E-state index contributed by atoms with van der Waals surface area (Å²) in [5.41, 5.74) is 6.09. The second-order valence-electron chi connectivity index (χ2n) is 4.37. The highest BCUT2D eigenvalue weighted by Gasteiger charge is 2.15. The van der Waals surface area contributed by atoms with E-state index < -0.39 is 0 Å². The lowest BCUT2D eigenvalue weighted by molar-refractivity contribution is 0.823. The number of hydrogen-bond acceptors (Lipinski definition) is 4. The van der Waals surface area contributed by atoms with Crippen LogP contribution in [0.4, 0.5) is 0 Å². The van der Waals surface area contributed by atoms with E-state index in [4.69, 9.17) is 16.6 Å². The van der Waals surface area contributed by atoms with Gasteiger partial charge in [-0.3, -0.25) is 9.98 Å². The molecule has 0 bridgehead atoms. The molecule has 2 rings (SSSR count). The molecule has 1 N–H and O–H groups in total. The Hall–Kier alpha value is -1.22. The van der Waals surface area contributed by atoms with Crippen LogP contribution in [0, 0.1) is 0 Å². The highest BCUT2D eigenvalue weighted by atomic mass is 35.5. The molecule has 0 spiro atoms. The van der Waals surface area contributed by atoms with Gasteiger partial charge < -0.3 is 5.32 Å². The van der Waals surface area contributed by atoms with Crippen molar-refractivity contribution >= 4 is 34.8 Å². The fourth-order valence-electron chi connectivity index (χ4n) is 1.63. The van der Waals surface area contributed by atoms with Crippen LogP contribution in [0.1, 0.15) is 20.8 Å². The fraction of sp³-hybridized carbons (Fsp3) is 0.357. The van der Waals surface area contributed by atoms with Gasteiger partial charge in [-0.1, -0.05) is 29.1 Å². The molecule has 3 nitrogen and oxygen atoms in total. The molecule has 5 heteroatoms. The molecule has 0 saturated heterocycles. The Bertz CT molecular complexity index is 563. The van der Waals surface area contributed by atoms with Crippen molar-refractivity contribution in [3.63, 3.8) is 0 Å². The Morgan fingerprint density at radius 1 is 1.47 bits per heavy atom. The first-order valence-electron chi connectivity index (χ1n) is 6.07. The molecule has 2 heterocycles. The van der Waals surface area contributed by atoms with E-state index in [-0.39, 0.29) is 6.04 Å². The van der Waals surface area contributed by atoms with Crippen molar-refractivity contribution in [2.24, 2.45) is 9.98 Å². The van der Waals surface area contributed by atoms with Crippen molar-refractivity contribution in [3.05, 3.63) is 38.9 Å². The standard InChI is InChI=1S/C14H16ClN3S/c1-9-7-16-8-17-11(3)14(18-10(9)2)13-6-12(15)4-5-19-13/h4-5,7,10,16H,8H2,1-3H3/b9-7-,17-11-,18-14?. The Labute approximate surface area is 122 Å². The molecular weight excluding hydrogens is 278 g/mol. The smallest absolute Gasteiger partial charge is 0.107 e. The lowest BCUT2D eigenvalue weighted by atomic mass is 10.1.